The molecule has 2 aromatic rings. The Bertz CT molecular complexity index is 1070. The molecule has 1 amide bonds. The van der Waals surface area contributed by atoms with E-state index in [-0.39, 0.29) is 29.2 Å². The number of nitrogens with one attached hydrogen (secondary N) is 2. The number of carbonyl (C=O) groups excluding carboxylic acids is 1. The van der Waals surface area contributed by atoms with Crippen LogP contribution in [0.3, 0.4) is 0 Å². The second-order valence-corrected chi connectivity index (χ2v) is 10.6. The average molecular weight is 474 g/mol. The summed E-state index contributed by atoms with van der Waals surface area (Å²) in [5, 5.41) is 3.12. The lowest BCUT2D eigenvalue weighted by molar-refractivity contribution is -0.0429. The lowest BCUT2D eigenvalue weighted by Crippen LogP contribution is -2.62. The number of sulfonamides is 1. The maximum Gasteiger partial charge on any atom is 0.516 e. The van der Waals surface area contributed by atoms with Crippen molar-refractivity contribution in [1.29, 1.82) is 0 Å². The number of hydrogen-bond donors (Lipinski definition) is 2. The van der Waals surface area contributed by atoms with Crippen LogP contribution in [0.1, 0.15) is 29.4 Å². The molecule has 31 heavy (non-hydrogen) atoms. The third kappa shape index (κ3) is 4.31. The number of carbonyl (C=O) groups is 1. The standard InChI is InChI=1S/C20H22F3N3O3S2/c1-12-18(13-8-10-26(12)11-9-13)24-19(27)17-7-6-16(30-17)14-4-2-3-5-15(14)25-31(28,29)20(21,22)23/h2-7,12-13,18,25H,8-11H2,1H3,(H,24,27). The maximum atomic E-state index is 12.8. The molecule has 0 saturated carbocycles. The van der Waals surface area contributed by atoms with Gasteiger partial charge in [0, 0.05) is 22.5 Å². The van der Waals surface area contributed by atoms with E-state index in [1.54, 1.807) is 22.9 Å². The summed E-state index contributed by atoms with van der Waals surface area (Å²) < 4.78 is 63.0. The van der Waals surface area contributed by atoms with Gasteiger partial charge in [0.15, 0.2) is 0 Å². The van der Waals surface area contributed by atoms with Gasteiger partial charge in [0.2, 0.25) is 0 Å². The van der Waals surface area contributed by atoms with Gasteiger partial charge in [-0.25, -0.2) is 0 Å². The predicted octanol–water partition coefficient (Wildman–Crippen LogP) is 3.89. The van der Waals surface area contributed by atoms with Gasteiger partial charge < -0.3 is 5.32 Å². The number of benzene rings is 1. The van der Waals surface area contributed by atoms with Gasteiger partial charge in [-0.15, -0.1) is 11.3 Å². The van der Waals surface area contributed by atoms with E-state index in [2.05, 4.69) is 17.1 Å². The van der Waals surface area contributed by atoms with E-state index < -0.39 is 15.5 Å². The number of rotatable bonds is 5. The highest BCUT2D eigenvalue weighted by Gasteiger charge is 2.46. The molecule has 4 heterocycles. The van der Waals surface area contributed by atoms with E-state index in [1.165, 1.54) is 18.2 Å². The van der Waals surface area contributed by atoms with Crippen molar-refractivity contribution in [3.63, 3.8) is 0 Å². The van der Waals surface area contributed by atoms with Gasteiger partial charge in [0.1, 0.15) is 0 Å². The van der Waals surface area contributed by atoms with E-state index >= 15 is 0 Å². The third-order valence-electron chi connectivity index (χ3n) is 6.05. The summed E-state index contributed by atoms with van der Waals surface area (Å²) >= 11 is 1.11. The second kappa shape index (κ2) is 8.10. The van der Waals surface area contributed by atoms with E-state index in [1.807, 2.05) is 0 Å². The smallest absolute Gasteiger partial charge is 0.347 e. The molecule has 3 fully saturated rings. The van der Waals surface area contributed by atoms with Crippen molar-refractivity contribution in [1.82, 2.24) is 10.2 Å². The second-order valence-electron chi connectivity index (χ2n) is 7.87. The summed E-state index contributed by atoms with van der Waals surface area (Å²) in [6, 6.07) is 9.34. The maximum absolute atomic E-state index is 12.8. The summed E-state index contributed by atoms with van der Waals surface area (Å²) in [5.41, 5.74) is -5.34. The highest BCUT2D eigenvalue weighted by atomic mass is 32.2. The first-order valence-electron chi connectivity index (χ1n) is 9.90. The average Bonchev–Trinajstić information content (AvgIpc) is 3.20. The summed E-state index contributed by atoms with van der Waals surface area (Å²) in [6.07, 6.45) is 2.11. The molecule has 0 aliphatic carbocycles. The molecule has 3 aliphatic heterocycles. The van der Waals surface area contributed by atoms with Crippen LogP contribution in [0, 0.1) is 5.92 Å². The van der Waals surface area contributed by atoms with E-state index in [4.69, 9.17) is 0 Å². The minimum absolute atomic E-state index is 0.0615. The monoisotopic (exact) mass is 473 g/mol. The van der Waals surface area contributed by atoms with Crippen LogP contribution in [-0.2, 0) is 10.0 Å². The van der Waals surface area contributed by atoms with Gasteiger partial charge in [-0.1, -0.05) is 18.2 Å². The predicted molar refractivity (Wildman–Crippen MR) is 113 cm³/mol. The van der Waals surface area contributed by atoms with Gasteiger partial charge in [-0.05, 0) is 57.0 Å². The summed E-state index contributed by atoms with van der Waals surface area (Å²) in [6.45, 7) is 4.21. The van der Waals surface area contributed by atoms with Crippen molar-refractivity contribution in [2.24, 2.45) is 5.92 Å². The quantitative estimate of drug-likeness (QED) is 0.691. The number of alkyl halides is 3. The molecule has 6 nitrogen and oxygen atoms in total. The number of amides is 1. The molecule has 2 atom stereocenters. The Kier molecular flexibility index (Phi) is 5.78. The van der Waals surface area contributed by atoms with Crippen LogP contribution in [0.25, 0.3) is 10.4 Å². The fourth-order valence-corrected chi connectivity index (χ4v) is 5.89. The molecular weight excluding hydrogens is 451 g/mol. The Morgan fingerprint density at radius 3 is 2.45 bits per heavy atom. The number of nitrogens with zero attached hydrogens (tertiary/aromatic N) is 1. The fourth-order valence-electron chi connectivity index (χ4n) is 4.36. The Morgan fingerprint density at radius 2 is 1.81 bits per heavy atom. The van der Waals surface area contributed by atoms with Crippen LogP contribution in [0.4, 0.5) is 18.9 Å². The Morgan fingerprint density at radius 1 is 1.13 bits per heavy atom. The largest absolute Gasteiger partial charge is 0.516 e. The number of para-hydroxylation sites is 1. The molecule has 0 radical (unpaired) electrons. The zero-order valence-electron chi connectivity index (χ0n) is 16.6. The van der Waals surface area contributed by atoms with Gasteiger partial charge in [0.05, 0.1) is 10.6 Å². The Labute approximate surface area is 182 Å². The summed E-state index contributed by atoms with van der Waals surface area (Å²) in [5.74, 6) is 0.219. The van der Waals surface area contributed by atoms with Crippen molar-refractivity contribution in [2.45, 2.75) is 37.4 Å². The topological polar surface area (TPSA) is 78.5 Å². The number of fused-ring (bicyclic) bond motifs is 3. The van der Waals surface area contributed by atoms with Crippen LogP contribution >= 0.6 is 11.3 Å². The number of anilines is 1. The van der Waals surface area contributed by atoms with Crippen LogP contribution in [0.5, 0.6) is 0 Å². The Balaban J connectivity index is 1.54. The zero-order chi connectivity index (χ0) is 22.4. The minimum Gasteiger partial charge on any atom is -0.347 e. The summed E-state index contributed by atoms with van der Waals surface area (Å²) in [7, 11) is -5.55. The normalized spacial score (nSPS) is 25.9. The molecular formula is C20H22F3N3O3S2. The first-order valence-corrected chi connectivity index (χ1v) is 12.2. The molecule has 11 heteroatoms. The molecule has 2 unspecified atom stereocenters. The van der Waals surface area contributed by atoms with Crippen LogP contribution in [-0.4, -0.2) is 49.9 Å². The molecule has 1 aromatic carbocycles. The Hall–Kier alpha value is -2.11. The third-order valence-corrected chi connectivity index (χ3v) is 8.26. The highest BCUT2D eigenvalue weighted by Crippen LogP contribution is 2.37. The molecule has 3 aliphatic rings. The van der Waals surface area contributed by atoms with E-state index in [0.717, 1.165) is 37.3 Å². The van der Waals surface area contributed by atoms with Crippen LogP contribution < -0.4 is 10.0 Å². The molecule has 0 spiro atoms. The van der Waals surface area contributed by atoms with Crippen LogP contribution in [0.15, 0.2) is 36.4 Å². The zero-order valence-corrected chi connectivity index (χ0v) is 18.3. The molecule has 2 N–H and O–H groups in total. The molecule has 2 bridgehead atoms. The lowest BCUT2D eigenvalue weighted by atomic mass is 9.79. The molecule has 1 aromatic heterocycles. The van der Waals surface area contributed by atoms with Crippen molar-refractivity contribution in [3.8, 4) is 10.4 Å². The number of hydrogen-bond acceptors (Lipinski definition) is 5. The molecule has 168 valence electrons. The number of thiophene rings is 1. The number of halogens is 3. The first-order chi connectivity index (χ1) is 14.6. The van der Waals surface area contributed by atoms with Gasteiger partial charge in [0.25, 0.3) is 5.91 Å². The van der Waals surface area contributed by atoms with Crippen LogP contribution in [0.2, 0.25) is 0 Å². The van der Waals surface area contributed by atoms with Crippen molar-refractivity contribution >= 4 is 33.0 Å². The van der Waals surface area contributed by atoms with E-state index in [0.29, 0.717) is 15.7 Å². The lowest BCUT2D eigenvalue weighted by Gasteiger charge is -2.49. The van der Waals surface area contributed by atoms with Gasteiger partial charge >= 0.3 is 15.5 Å². The first kappa shape index (κ1) is 22.1. The highest BCUT2D eigenvalue weighted by molar-refractivity contribution is 7.93. The minimum atomic E-state index is -5.55. The SMILES string of the molecule is CC1C(NC(=O)c2ccc(-c3ccccc3NS(=O)(=O)C(F)(F)F)s2)C2CCN1CC2. The van der Waals surface area contributed by atoms with Gasteiger partial charge in [-0.2, -0.15) is 21.6 Å². The van der Waals surface area contributed by atoms with Gasteiger partial charge in [-0.3, -0.25) is 14.4 Å². The van der Waals surface area contributed by atoms with Crippen molar-refractivity contribution in [2.75, 3.05) is 17.8 Å². The van der Waals surface area contributed by atoms with Crippen molar-refractivity contribution < 1.29 is 26.4 Å². The molecule has 3 saturated heterocycles. The van der Waals surface area contributed by atoms with Crippen molar-refractivity contribution in [3.05, 3.63) is 41.3 Å². The fraction of sp³-hybridized carbons (Fsp3) is 0.450. The molecule has 5 rings (SSSR count). The number of piperidine rings is 3. The van der Waals surface area contributed by atoms with E-state index in [9.17, 15) is 26.4 Å². The summed E-state index contributed by atoms with van der Waals surface area (Å²) in [4.78, 5) is 16.1.